The van der Waals surface area contributed by atoms with E-state index in [9.17, 15) is 4.79 Å². The summed E-state index contributed by atoms with van der Waals surface area (Å²) in [6.45, 7) is 7.74. The number of hydrogen-bond donors (Lipinski definition) is 2. The van der Waals surface area contributed by atoms with Gasteiger partial charge in [-0.1, -0.05) is 26.8 Å². The lowest BCUT2D eigenvalue weighted by Gasteiger charge is -2.27. The molecule has 1 unspecified atom stereocenters. The second-order valence-corrected chi connectivity index (χ2v) is 6.19. The normalized spacial score (nSPS) is 13.6. The Labute approximate surface area is 139 Å². The zero-order valence-corrected chi connectivity index (χ0v) is 14.9. The summed E-state index contributed by atoms with van der Waals surface area (Å²) >= 11 is 0. The van der Waals surface area contributed by atoms with E-state index in [1.165, 1.54) is 0 Å². The van der Waals surface area contributed by atoms with Crippen molar-refractivity contribution in [2.24, 2.45) is 11.1 Å². The number of rotatable bonds is 5. The second-order valence-electron chi connectivity index (χ2n) is 6.19. The number of ether oxygens (including phenoxy) is 2. The van der Waals surface area contributed by atoms with Gasteiger partial charge >= 0.3 is 0 Å². The van der Waals surface area contributed by atoms with Gasteiger partial charge in [0.25, 0.3) is 0 Å². The summed E-state index contributed by atoms with van der Waals surface area (Å²) in [4.78, 5) is 12.2. The molecule has 0 fully saturated rings. The monoisotopic (exact) mass is 330 g/mol. The highest BCUT2D eigenvalue weighted by atomic mass is 35.5. The van der Waals surface area contributed by atoms with Crippen molar-refractivity contribution >= 4 is 18.3 Å². The van der Waals surface area contributed by atoms with Gasteiger partial charge in [0.2, 0.25) is 5.91 Å². The standard InChI is InChI=1S/C16H26N2O3.ClH/c1-10(18-15(19)14(17)16(2,3)4)11-7-8-12(20-5)13(9-11)21-6;/h7-10,14H,17H2,1-6H3,(H,18,19);1H/t10?,14-;/m1./s1. The van der Waals surface area contributed by atoms with E-state index in [1.54, 1.807) is 14.2 Å². The molecule has 3 N–H and O–H groups in total. The van der Waals surface area contributed by atoms with Gasteiger partial charge in [-0.05, 0) is 30.0 Å². The van der Waals surface area contributed by atoms with Crippen molar-refractivity contribution in [3.63, 3.8) is 0 Å². The van der Waals surface area contributed by atoms with E-state index in [0.29, 0.717) is 11.5 Å². The Morgan fingerprint density at radius 2 is 1.73 bits per heavy atom. The fraction of sp³-hybridized carbons (Fsp3) is 0.562. The lowest BCUT2D eigenvalue weighted by Crippen LogP contribution is -2.49. The maximum absolute atomic E-state index is 12.2. The molecule has 1 aromatic carbocycles. The van der Waals surface area contributed by atoms with Crippen LogP contribution in [0.4, 0.5) is 0 Å². The van der Waals surface area contributed by atoms with Crippen LogP contribution >= 0.6 is 12.4 Å². The van der Waals surface area contributed by atoms with Crippen molar-refractivity contribution in [1.82, 2.24) is 5.32 Å². The summed E-state index contributed by atoms with van der Waals surface area (Å²) in [5.41, 5.74) is 6.62. The van der Waals surface area contributed by atoms with E-state index in [4.69, 9.17) is 15.2 Å². The summed E-state index contributed by atoms with van der Waals surface area (Å²) < 4.78 is 10.5. The summed E-state index contributed by atoms with van der Waals surface area (Å²) in [7, 11) is 3.17. The van der Waals surface area contributed by atoms with E-state index >= 15 is 0 Å². The molecule has 0 saturated heterocycles. The molecule has 1 amide bonds. The number of nitrogens with one attached hydrogen (secondary N) is 1. The number of halogens is 1. The van der Waals surface area contributed by atoms with E-state index in [-0.39, 0.29) is 29.8 Å². The molecule has 0 aliphatic carbocycles. The molecule has 22 heavy (non-hydrogen) atoms. The molecule has 0 radical (unpaired) electrons. The minimum Gasteiger partial charge on any atom is -0.493 e. The predicted octanol–water partition coefficient (Wildman–Crippen LogP) is 2.68. The Bertz CT molecular complexity index is 501. The van der Waals surface area contributed by atoms with Crippen molar-refractivity contribution in [2.75, 3.05) is 14.2 Å². The highest BCUT2D eigenvalue weighted by molar-refractivity contribution is 5.85. The molecule has 126 valence electrons. The van der Waals surface area contributed by atoms with Gasteiger partial charge in [0.05, 0.1) is 26.3 Å². The highest BCUT2D eigenvalue weighted by Crippen LogP contribution is 2.30. The third kappa shape index (κ3) is 5.07. The van der Waals surface area contributed by atoms with Gasteiger partial charge in [0.15, 0.2) is 11.5 Å². The quantitative estimate of drug-likeness (QED) is 0.870. The fourth-order valence-electron chi connectivity index (χ4n) is 1.90. The van der Waals surface area contributed by atoms with Gasteiger partial charge in [-0.3, -0.25) is 4.79 Å². The van der Waals surface area contributed by atoms with Crippen LogP contribution in [0, 0.1) is 5.41 Å². The van der Waals surface area contributed by atoms with Crippen LogP contribution in [0.5, 0.6) is 11.5 Å². The Balaban J connectivity index is 0.00000441. The van der Waals surface area contributed by atoms with Crippen LogP contribution in [-0.2, 0) is 4.79 Å². The van der Waals surface area contributed by atoms with Crippen LogP contribution in [-0.4, -0.2) is 26.2 Å². The van der Waals surface area contributed by atoms with Crippen molar-refractivity contribution < 1.29 is 14.3 Å². The molecule has 1 rings (SSSR count). The maximum Gasteiger partial charge on any atom is 0.237 e. The molecule has 5 nitrogen and oxygen atoms in total. The van der Waals surface area contributed by atoms with Crippen LogP contribution in [0.1, 0.15) is 39.3 Å². The van der Waals surface area contributed by atoms with Crippen LogP contribution in [0.15, 0.2) is 18.2 Å². The third-order valence-electron chi connectivity index (χ3n) is 3.48. The van der Waals surface area contributed by atoms with Crippen molar-refractivity contribution in [1.29, 1.82) is 0 Å². The molecular formula is C16H27ClN2O3. The van der Waals surface area contributed by atoms with E-state index < -0.39 is 6.04 Å². The molecule has 0 heterocycles. The average Bonchev–Trinajstić information content (AvgIpc) is 2.44. The Kier molecular flexibility index (Phi) is 7.70. The van der Waals surface area contributed by atoms with Gasteiger partial charge in [0.1, 0.15) is 0 Å². The first-order valence-corrected chi connectivity index (χ1v) is 6.98. The summed E-state index contributed by atoms with van der Waals surface area (Å²) in [6, 6.07) is 4.85. The van der Waals surface area contributed by atoms with Gasteiger partial charge in [0, 0.05) is 0 Å². The number of hydrogen-bond acceptors (Lipinski definition) is 4. The van der Waals surface area contributed by atoms with Crippen molar-refractivity contribution in [2.45, 2.75) is 39.8 Å². The molecule has 0 bridgehead atoms. The van der Waals surface area contributed by atoms with E-state index in [1.807, 2.05) is 45.9 Å². The fourth-order valence-corrected chi connectivity index (χ4v) is 1.90. The first-order chi connectivity index (χ1) is 9.70. The molecule has 0 aliphatic heterocycles. The molecule has 0 aromatic heterocycles. The van der Waals surface area contributed by atoms with E-state index in [0.717, 1.165) is 5.56 Å². The average molecular weight is 331 g/mol. The summed E-state index contributed by atoms with van der Waals surface area (Å²) in [6.07, 6.45) is 0. The topological polar surface area (TPSA) is 73.6 Å². The number of benzene rings is 1. The minimum absolute atomic E-state index is 0. The molecule has 0 aliphatic rings. The third-order valence-corrected chi connectivity index (χ3v) is 3.48. The number of methoxy groups -OCH3 is 2. The number of carbonyl (C=O) groups excluding carboxylic acids is 1. The summed E-state index contributed by atoms with van der Waals surface area (Å²) in [5, 5.41) is 2.93. The van der Waals surface area contributed by atoms with Crippen LogP contribution < -0.4 is 20.5 Å². The maximum atomic E-state index is 12.2. The highest BCUT2D eigenvalue weighted by Gasteiger charge is 2.28. The number of amides is 1. The molecule has 0 spiro atoms. The molecular weight excluding hydrogens is 304 g/mol. The Morgan fingerprint density at radius 1 is 1.18 bits per heavy atom. The smallest absolute Gasteiger partial charge is 0.237 e. The SMILES string of the molecule is COc1ccc(C(C)NC(=O)[C@@H](N)C(C)(C)C)cc1OC.Cl. The molecule has 2 atom stereocenters. The molecule has 1 aromatic rings. The van der Waals surface area contributed by atoms with E-state index in [2.05, 4.69) is 5.32 Å². The molecule has 6 heteroatoms. The van der Waals surface area contributed by atoms with Crippen LogP contribution in [0.2, 0.25) is 0 Å². The second kappa shape index (κ2) is 8.25. The number of nitrogens with two attached hydrogens (primary N) is 1. The van der Waals surface area contributed by atoms with Gasteiger partial charge in [-0.2, -0.15) is 0 Å². The lowest BCUT2D eigenvalue weighted by atomic mass is 9.86. The first-order valence-electron chi connectivity index (χ1n) is 6.98. The largest absolute Gasteiger partial charge is 0.493 e. The molecule has 0 saturated carbocycles. The van der Waals surface area contributed by atoms with Gasteiger partial charge in [-0.15, -0.1) is 12.4 Å². The van der Waals surface area contributed by atoms with Crippen molar-refractivity contribution in [3.8, 4) is 11.5 Å². The Morgan fingerprint density at radius 3 is 2.18 bits per heavy atom. The number of carbonyl (C=O) groups is 1. The predicted molar refractivity (Wildman–Crippen MR) is 90.8 cm³/mol. The van der Waals surface area contributed by atoms with Crippen LogP contribution in [0.25, 0.3) is 0 Å². The minimum atomic E-state index is -0.555. The summed E-state index contributed by atoms with van der Waals surface area (Å²) in [5.74, 6) is 1.13. The van der Waals surface area contributed by atoms with Gasteiger partial charge in [-0.25, -0.2) is 0 Å². The first kappa shape index (κ1) is 20.5. The zero-order valence-electron chi connectivity index (χ0n) is 14.1. The van der Waals surface area contributed by atoms with Crippen LogP contribution in [0.3, 0.4) is 0 Å². The zero-order chi connectivity index (χ0) is 16.2. The Hall–Kier alpha value is -1.46. The lowest BCUT2D eigenvalue weighted by molar-refractivity contribution is -0.125. The van der Waals surface area contributed by atoms with Gasteiger partial charge < -0.3 is 20.5 Å². The van der Waals surface area contributed by atoms with Crippen molar-refractivity contribution in [3.05, 3.63) is 23.8 Å².